The van der Waals surface area contributed by atoms with Gasteiger partial charge in [-0.3, -0.25) is 9.59 Å². The number of halogens is 5. The van der Waals surface area contributed by atoms with Crippen LogP contribution in [-0.2, 0) is 6.42 Å². The number of alkyl halides is 3. The van der Waals surface area contributed by atoms with Crippen LogP contribution in [0.1, 0.15) is 28.2 Å². The van der Waals surface area contributed by atoms with Gasteiger partial charge < -0.3 is 25.0 Å². The fourth-order valence-electron chi connectivity index (χ4n) is 3.47. The molecule has 7 nitrogen and oxygen atoms in total. The van der Waals surface area contributed by atoms with E-state index in [1.807, 2.05) is 9.88 Å². The van der Waals surface area contributed by atoms with Gasteiger partial charge in [0.05, 0.1) is 28.3 Å². The number of aliphatic hydroxyl groups is 1. The first-order chi connectivity index (χ1) is 15.5. The van der Waals surface area contributed by atoms with Crippen LogP contribution in [0.4, 0.5) is 13.2 Å². The monoisotopic (exact) mass is 527 g/mol. The largest absolute Gasteiger partial charge is 0.490 e. The van der Waals surface area contributed by atoms with Gasteiger partial charge in [0.15, 0.2) is 0 Å². The number of benzene rings is 1. The van der Waals surface area contributed by atoms with Crippen molar-refractivity contribution in [2.24, 2.45) is 0 Å². The van der Waals surface area contributed by atoms with E-state index in [0.717, 1.165) is 12.8 Å². The molecule has 0 radical (unpaired) electrons. The van der Waals surface area contributed by atoms with Crippen molar-refractivity contribution in [3.05, 3.63) is 48.5 Å². The molecule has 33 heavy (non-hydrogen) atoms. The standard InChI is InChI=1S/C20H22Cl2F3N3O4S/c21-14-2-1-13(7-15(14)22)32-12-3-5-28(6-4-12)10-11(29)9-26-18(30)17-16(8-20(23,24)25)27-19(31)33-17/h1-2,7,11-12,29H,3-6,8-10H2,(H,26,30)(H,27,31)/t11-/m1/s1. The smallest absolute Gasteiger partial charge is 0.394 e. The van der Waals surface area contributed by atoms with Crippen LogP contribution in [0.5, 0.6) is 5.75 Å². The van der Waals surface area contributed by atoms with Crippen molar-refractivity contribution in [2.45, 2.75) is 37.6 Å². The second kappa shape index (κ2) is 11.1. The van der Waals surface area contributed by atoms with Gasteiger partial charge in [0.25, 0.3) is 5.91 Å². The number of likely N-dealkylation sites (tertiary alicyclic amines) is 1. The Labute approximate surface area is 201 Å². The number of nitrogens with zero attached hydrogens (tertiary/aromatic N) is 1. The number of nitrogens with one attached hydrogen (secondary N) is 2. The van der Waals surface area contributed by atoms with Crippen LogP contribution >= 0.6 is 34.5 Å². The third kappa shape index (κ3) is 7.89. The Morgan fingerprint density at radius 3 is 2.64 bits per heavy atom. The van der Waals surface area contributed by atoms with Crippen molar-refractivity contribution in [2.75, 3.05) is 26.2 Å². The van der Waals surface area contributed by atoms with Gasteiger partial charge in [-0.25, -0.2) is 0 Å². The minimum Gasteiger partial charge on any atom is -0.490 e. The number of thiazole rings is 1. The molecule has 0 unspecified atom stereocenters. The molecule has 2 heterocycles. The average molecular weight is 528 g/mol. The highest BCUT2D eigenvalue weighted by Crippen LogP contribution is 2.28. The molecule has 0 aliphatic carbocycles. The molecule has 0 saturated carbocycles. The number of hydrogen-bond donors (Lipinski definition) is 3. The minimum atomic E-state index is -4.56. The number of rotatable bonds is 8. The number of ether oxygens (including phenoxy) is 1. The predicted molar refractivity (Wildman–Crippen MR) is 120 cm³/mol. The van der Waals surface area contributed by atoms with E-state index in [9.17, 15) is 27.9 Å². The van der Waals surface area contributed by atoms with Crippen molar-refractivity contribution < 1.29 is 27.8 Å². The summed E-state index contributed by atoms with van der Waals surface area (Å²) in [5, 5.41) is 13.5. The summed E-state index contributed by atoms with van der Waals surface area (Å²) < 4.78 is 43.8. The van der Waals surface area contributed by atoms with Crippen LogP contribution in [-0.4, -0.2) is 65.5 Å². The third-order valence-electron chi connectivity index (χ3n) is 5.00. The Hall–Kier alpha value is -1.79. The quantitative estimate of drug-likeness (QED) is 0.488. The van der Waals surface area contributed by atoms with Gasteiger partial charge in [-0.15, -0.1) is 0 Å². The maximum Gasteiger partial charge on any atom is 0.394 e. The molecule has 13 heteroatoms. The molecule has 1 aromatic carbocycles. The summed E-state index contributed by atoms with van der Waals surface area (Å²) in [4.78, 5) is 26.6. The zero-order valence-corrected chi connectivity index (χ0v) is 19.6. The molecule has 1 saturated heterocycles. The minimum absolute atomic E-state index is 0.0150. The summed E-state index contributed by atoms with van der Waals surface area (Å²) in [6.45, 7) is 1.44. The molecule has 3 N–H and O–H groups in total. The molecule has 0 bridgehead atoms. The number of amides is 1. The van der Waals surface area contributed by atoms with Crippen molar-refractivity contribution in [1.82, 2.24) is 15.2 Å². The molecule has 1 aromatic heterocycles. The van der Waals surface area contributed by atoms with Gasteiger partial charge in [0.1, 0.15) is 16.7 Å². The zero-order chi connectivity index (χ0) is 24.2. The second-order valence-corrected chi connectivity index (χ2v) is 9.47. The van der Waals surface area contributed by atoms with E-state index in [0.29, 0.717) is 40.2 Å². The number of aliphatic hydroxyl groups excluding tert-OH is 1. The maximum absolute atomic E-state index is 12.6. The van der Waals surface area contributed by atoms with Crippen LogP contribution in [0.25, 0.3) is 0 Å². The van der Waals surface area contributed by atoms with Gasteiger partial charge in [0, 0.05) is 32.2 Å². The van der Waals surface area contributed by atoms with Crippen LogP contribution in [0, 0.1) is 0 Å². The summed E-state index contributed by atoms with van der Waals surface area (Å²) in [6, 6.07) is 5.06. The first kappa shape index (κ1) is 25.8. The average Bonchev–Trinajstić information content (AvgIpc) is 3.09. The molecule has 1 amide bonds. The highest BCUT2D eigenvalue weighted by atomic mass is 35.5. The second-order valence-electron chi connectivity index (χ2n) is 7.67. The van der Waals surface area contributed by atoms with Crippen LogP contribution in [0.15, 0.2) is 23.0 Å². The molecule has 1 aliphatic rings. The fraction of sp³-hybridized carbons (Fsp3) is 0.500. The molecule has 1 atom stereocenters. The number of β-amino-alcohol motifs (C(OH)–C–C–N with tert-alkyl or cyclic N) is 1. The predicted octanol–water partition coefficient (Wildman–Crippen LogP) is 3.48. The van der Waals surface area contributed by atoms with Crippen molar-refractivity contribution in [3.63, 3.8) is 0 Å². The summed E-state index contributed by atoms with van der Waals surface area (Å²) >= 11 is 12.3. The van der Waals surface area contributed by atoms with Crippen molar-refractivity contribution in [3.8, 4) is 5.75 Å². The molecule has 1 aliphatic heterocycles. The Balaban J connectivity index is 1.43. The lowest BCUT2D eigenvalue weighted by Gasteiger charge is -2.33. The van der Waals surface area contributed by atoms with E-state index >= 15 is 0 Å². The lowest BCUT2D eigenvalue weighted by molar-refractivity contribution is -0.127. The number of piperidine rings is 1. The Kier molecular flexibility index (Phi) is 8.68. The highest BCUT2D eigenvalue weighted by Gasteiger charge is 2.32. The highest BCUT2D eigenvalue weighted by molar-refractivity contribution is 7.11. The number of H-pyrrole nitrogens is 1. The van der Waals surface area contributed by atoms with E-state index in [-0.39, 0.29) is 24.1 Å². The zero-order valence-electron chi connectivity index (χ0n) is 17.3. The summed E-state index contributed by atoms with van der Waals surface area (Å²) in [7, 11) is 0. The first-order valence-electron chi connectivity index (χ1n) is 10.1. The number of aromatic nitrogens is 1. The van der Waals surface area contributed by atoms with E-state index in [1.165, 1.54) is 0 Å². The van der Waals surface area contributed by atoms with Crippen molar-refractivity contribution >= 4 is 40.4 Å². The van der Waals surface area contributed by atoms with Gasteiger partial charge in [-0.05, 0) is 25.0 Å². The number of aromatic amines is 1. The van der Waals surface area contributed by atoms with E-state index in [2.05, 4.69) is 5.32 Å². The molecule has 1 fully saturated rings. The fourth-order valence-corrected chi connectivity index (χ4v) is 4.53. The van der Waals surface area contributed by atoms with Gasteiger partial charge in [-0.1, -0.05) is 34.5 Å². The summed E-state index contributed by atoms with van der Waals surface area (Å²) in [6.07, 6.45) is -5.47. The van der Waals surface area contributed by atoms with Gasteiger partial charge in [-0.2, -0.15) is 13.2 Å². The van der Waals surface area contributed by atoms with E-state index < -0.39 is 35.2 Å². The normalized spacial score (nSPS) is 16.5. The topological polar surface area (TPSA) is 94.7 Å². The Bertz CT molecular complexity index is 1020. The Morgan fingerprint density at radius 2 is 2.00 bits per heavy atom. The summed E-state index contributed by atoms with van der Waals surface area (Å²) in [5.41, 5.74) is -0.478. The van der Waals surface area contributed by atoms with E-state index in [1.54, 1.807) is 18.2 Å². The molecular weight excluding hydrogens is 506 g/mol. The van der Waals surface area contributed by atoms with Crippen LogP contribution in [0.3, 0.4) is 0 Å². The maximum atomic E-state index is 12.6. The van der Waals surface area contributed by atoms with Crippen LogP contribution in [0.2, 0.25) is 10.0 Å². The molecule has 3 rings (SSSR count). The lowest BCUT2D eigenvalue weighted by atomic mass is 10.1. The van der Waals surface area contributed by atoms with Gasteiger partial charge >= 0.3 is 11.0 Å². The summed E-state index contributed by atoms with van der Waals surface area (Å²) in [5.74, 6) is -0.201. The molecular formula is C20H22Cl2F3N3O4S. The molecule has 0 spiro atoms. The number of hydrogen-bond acceptors (Lipinski definition) is 6. The number of carbonyl (C=O) groups is 1. The van der Waals surface area contributed by atoms with Crippen LogP contribution < -0.4 is 14.9 Å². The number of carbonyl (C=O) groups excluding carboxylic acids is 1. The molecule has 182 valence electrons. The Morgan fingerprint density at radius 1 is 1.30 bits per heavy atom. The first-order valence-corrected chi connectivity index (χ1v) is 11.7. The van der Waals surface area contributed by atoms with Gasteiger partial charge in [0.2, 0.25) is 0 Å². The SMILES string of the molecule is O=C(NC[C@@H](O)CN1CCC(Oc2ccc(Cl)c(Cl)c2)CC1)c1sc(=O)[nH]c1CC(F)(F)F. The van der Waals surface area contributed by atoms with Crippen molar-refractivity contribution in [1.29, 1.82) is 0 Å². The molecule has 2 aromatic rings. The van der Waals surface area contributed by atoms with E-state index in [4.69, 9.17) is 27.9 Å². The lowest BCUT2D eigenvalue weighted by Crippen LogP contribution is -2.45. The third-order valence-corrected chi connectivity index (χ3v) is 6.66.